The second-order valence-corrected chi connectivity index (χ2v) is 4.59. The first-order chi connectivity index (χ1) is 8.86. The summed E-state index contributed by atoms with van der Waals surface area (Å²) in [5.74, 6) is 1.01. The van der Waals surface area contributed by atoms with Crippen LogP contribution in [0.15, 0.2) is 24.4 Å². The van der Waals surface area contributed by atoms with Gasteiger partial charge in [-0.2, -0.15) is 5.26 Å². The zero-order valence-corrected chi connectivity index (χ0v) is 10.1. The molecule has 0 N–H and O–H groups in total. The van der Waals surface area contributed by atoms with E-state index in [1.54, 1.807) is 12.3 Å². The van der Waals surface area contributed by atoms with Crippen LogP contribution in [0.3, 0.4) is 0 Å². The van der Waals surface area contributed by atoms with Crippen molar-refractivity contribution in [3.63, 3.8) is 0 Å². The summed E-state index contributed by atoms with van der Waals surface area (Å²) in [5, 5.41) is 9.85. The van der Waals surface area contributed by atoms with Crippen LogP contribution in [0.4, 0.5) is 5.82 Å². The quantitative estimate of drug-likeness (QED) is 0.766. The molecule has 3 rings (SSSR count). The lowest BCUT2D eigenvalue weighted by Gasteiger charge is -2.27. The highest BCUT2D eigenvalue weighted by molar-refractivity contribution is 5.80. The summed E-state index contributed by atoms with van der Waals surface area (Å²) in [7, 11) is 0. The molecule has 0 amide bonds. The van der Waals surface area contributed by atoms with Gasteiger partial charge in [-0.1, -0.05) is 0 Å². The summed E-state index contributed by atoms with van der Waals surface area (Å²) in [6.07, 6.45) is 5.49. The minimum Gasteiger partial charge on any atom is -0.357 e. The summed E-state index contributed by atoms with van der Waals surface area (Å²) in [6.45, 7) is 2.16. The van der Waals surface area contributed by atoms with Gasteiger partial charge < -0.3 is 4.90 Å². The van der Waals surface area contributed by atoms with Gasteiger partial charge in [0, 0.05) is 30.7 Å². The third kappa shape index (κ3) is 2.00. The molecule has 4 nitrogen and oxygen atoms in total. The van der Waals surface area contributed by atoms with Crippen molar-refractivity contribution in [1.29, 1.82) is 5.26 Å². The number of rotatable bonds is 1. The van der Waals surface area contributed by atoms with Crippen molar-refractivity contribution < 1.29 is 0 Å². The standard InChI is InChI=1S/C14H14N4/c15-9-12-8-13-11(10-16-12)4-5-14(17-13)18-6-2-1-3-7-18/h4-5,8,10H,1-3,6-7H2. The average Bonchev–Trinajstić information content (AvgIpc) is 2.47. The van der Waals surface area contributed by atoms with Gasteiger partial charge >= 0.3 is 0 Å². The number of aromatic nitrogens is 2. The zero-order valence-electron chi connectivity index (χ0n) is 10.1. The van der Waals surface area contributed by atoms with Crippen LogP contribution in [0.2, 0.25) is 0 Å². The molecule has 0 atom stereocenters. The Balaban J connectivity index is 2.01. The lowest BCUT2D eigenvalue weighted by Crippen LogP contribution is -2.30. The second kappa shape index (κ2) is 4.61. The molecule has 1 saturated heterocycles. The van der Waals surface area contributed by atoms with Crippen molar-refractivity contribution in [3.05, 3.63) is 30.1 Å². The van der Waals surface area contributed by atoms with E-state index in [4.69, 9.17) is 5.26 Å². The summed E-state index contributed by atoms with van der Waals surface area (Å²) in [5.41, 5.74) is 1.27. The molecule has 2 aromatic heterocycles. The van der Waals surface area contributed by atoms with Gasteiger partial charge in [0.15, 0.2) is 0 Å². The molecule has 2 aromatic rings. The Kier molecular flexibility index (Phi) is 2.81. The van der Waals surface area contributed by atoms with Gasteiger partial charge in [0.05, 0.1) is 5.52 Å². The number of hydrogen-bond acceptors (Lipinski definition) is 4. The Bertz CT molecular complexity index is 609. The van der Waals surface area contributed by atoms with Crippen LogP contribution < -0.4 is 4.90 Å². The normalized spacial score (nSPS) is 15.6. The molecule has 0 unspecified atom stereocenters. The highest BCUT2D eigenvalue weighted by Crippen LogP contribution is 2.21. The van der Waals surface area contributed by atoms with Crippen LogP contribution in [0, 0.1) is 11.3 Å². The number of pyridine rings is 2. The molecule has 0 aliphatic carbocycles. The van der Waals surface area contributed by atoms with E-state index in [0.29, 0.717) is 5.69 Å². The molecule has 3 heterocycles. The number of hydrogen-bond donors (Lipinski definition) is 0. The monoisotopic (exact) mass is 238 g/mol. The maximum atomic E-state index is 8.86. The van der Waals surface area contributed by atoms with E-state index >= 15 is 0 Å². The SMILES string of the molecule is N#Cc1cc2nc(N3CCCCC3)ccc2cn1. The first kappa shape index (κ1) is 11.0. The van der Waals surface area contributed by atoms with E-state index in [1.807, 2.05) is 12.1 Å². The number of nitrogens with zero attached hydrogens (tertiary/aromatic N) is 4. The zero-order chi connectivity index (χ0) is 12.4. The Morgan fingerprint density at radius 1 is 1.17 bits per heavy atom. The topological polar surface area (TPSA) is 52.8 Å². The number of piperidine rings is 1. The fourth-order valence-corrected chi connectivity index (χ4v) is 2.37. The van der Waals surface area contributed by atoms with Crippen LogP contribution in [-0.4, -0.2) is 23.1 Å². The first-order valence-corrected chi connectivity index (χ1v) is 6.29. The lowest BCUT2D eigenvalue weighted by atomic mass is 10.1. The molecule has 1 aliphatic rings. The minimum absolute atomic E-state index is 0.422. The molecular weight excluding hydrogens is 224 g/mol. The molecule has 0 saturated carbocycles. The Labute approximate surface area is 106 Å². The highest BCUT2D eigenvalue weighted by atomic mass is 15.2. The van der Waals surface area contributed by atoms with Crippen molar-refractivity contribution in [2.75, 3.05) is 18.0 Å². The molecule has 4 heteroatoms. The second-order valence-electron chi connectivity index (χ2n) is 4.59. The smallest absolute Gasteiger partial charge is 0.142 e. The van der Waals surface area contributed by atoms with Crippen molar-refractivity contribution in [2.24, 2.45) is 0 Å². The third-order valence-electron chi connectivity index (χ3n) is 3.35. The van der Waals surface area contributed by atoms with Crippen molar-refractivity contribution >= 4 is 16.7 Å². The van der Waals surface area contributed by atoms with Crippen LogP contribution >= 0.6 is 0 Å². The minimum atomic E-state index is 0.422. The van der Waals surface area contributed by atoms with Gasteiger partial charge in [0.1, 0.15) is 17.6 Å². The third-order valence-corrected chi connectivity index (χ3v) is 3.35. The van der Waals surface area contributed by atoms with Gasteiger partial charge in [-0.25, -0.2) is 9.97 Å². The average molecular weight is 238 g/mol. The Hall–Kier alpha value is -2.15. The molecular formula is C14H14N4. The Morgan fingerprint density at radius 3 is 2.78 bits per heavy atom. The lowest BCUT2D eigenvalue weighted by molar-refractivity contribution is 0.574. The highest BCUT2D eigenvalue weighted by Gasteiger charge is 2.12. The van der Waals surface area contributed by atoms with Gasteiger partial charge in [0.2, 0.25) is 0 Å². The molecule has 0 aromatic carbocycles. The molecule has 18 heavy (non-hydrogen) atoms. The maximum Gasteiger partial charge on any atom is 0.142 e. The van der Waals surface area contributed by atoms with Crippen LogP contribution in [-0.2, 0) is 0 Å². The molecule has 1 aliphatic heterocycles. The Morgan fingerprint density at radius 2 is 2.00 bits per heavy atom. The summed E-state index contributed by atoms with van der Waals surface area (Å²) in [6, 6.07) is 7.88. The van der Waals surface area contributed by atoms with Gasteiger partial charge in [-0.05, 0) is 31.4 Å². The van der Waals surface area contributed by atoms with Gasteiger partial charge in [-0.15, -0.1) is 0 Å². The predicted octanol–water partition coefficient (Wildman–Crippen LogP) is 2.49. The number of anilines is 1. The van der Waals surface area contributed by atoms with E-state index in [0.717, 1.165) is 29.8 Å². The van der Waals surface area contributed by atoms with Crippen LogP contribution in [0.25, 0.3) is 10.9 Å². The number of fused-ring (bicyclic) bond motifs is 1. The van der Waals surface area contributed by atoms with E-state index in [-0.39, 0.29) is 0 Å². The molecule has 1 fully saturated rings. The van der Waals surface area contributed by atoms with Gasteiger partial charge in [0.25, 0.3) is 0 Å². The van der Waals surface area contributed by atoms with E-state index in [1.165, 1.54) is 19.3 Å². The van der Waals surface area contributed by atoms with Crippen molar-refractivity contribution in [2.45, 2.75) is 19.3 Å². The maximum absolute atomic E-state index is 8.86. The predicted molar refractivity (Wildman–Crippen MR) is 70.3 cm³/mol. The fraction of sp³-hybridized carbons (Fsp3) is 0.357. The van der Waals surface area contributed by atoms with E-state index < -0.39 is 0 Å². The van der Waals surface area contributed by atoms with Crippen LogP contribution in [0.1, 0.15) is 25.0 Å². The van der Waals surface area contributed by atoms with E-state index in [9.17, 15) is 0 Å². The van der Waals surface area contributed by atoms with Crippen molar-refractivity contribution in [1.82, 2.24) is 9.97 Å². The molecule has 0 bridgehead atoms. The summed E-state index contributed by atoms with van der Waals surface area (Å²) in [4.78, 5) is 11.0. The fourth-order valence-electron chi connectivity index (χ4n) is 2.37. The van der Waals surface area contributed by atoms with Crippen molar-refractivity contribution in [3.8, 4) is 6.07 Å². The molecule has 0 radical (unpaired) electrons. The van der Waals surface area contributed by atoms with Gasteiger partial charge in [-0.3, -0.25) is 0 Å². The summed E-state index contributed by atoms with van der Waals surface area (Å²) >= 11 is 0. The molecule has 90 valence electrons. The first-order valence-electron chi connectivity index (χ1n) is 6.29. The number of nitriles is 1. The van der Waals surface area contributed by atoms with Crippen LogP contribution in [0.5, 0.6) is 0 Å². The van der Waals surface area contributed by atoms with E-state index in [2.05, 4.69) is 20.9 Å². The largest absolute Gasteiger partial charge is 0.357 e. The molecule has 0 spiro atoms. The summed E-state index contributed by atoms with van der Waals surface area (Å²) < 4.78 is 0.